The molecule has 0 amide bonds. The summed E-state index contributed by atoms with van der Waals surface area (Å²) in [5, 5.41) is 12.6. The van der Waals surface area contributed by atoms with Crippen molar-refractivity contribution < 1.29 is 0 Å². The van der Waals surface area contributed by atoms with Crippen LogP contribution in [-0.4, -0.2) is 24.8 Å². The second-order valence-electron chi connectivity index (χ2n) is 4.88. The van der Waals surface area contributed by atoms with E-state index in [9.17, 15) is 0 Å². The number of aryl methyl sites for hydroxylation is 1. The minimum atomic E-state index is -0.323. The monoisotopic (exact) mass is 282 g/mol. The highest BCUT2D eigenvalue weighted by Gasteiger charge is 2.17. The van der Waals surface area contributed by atoms with Crippen LogP contribution in [0.3, 0.4) is 0 Å². The lowest BCUT2D eigenvalue weighted by atomic mass is 10.1. The first kappa shape index (κ1) is 13.5. The Kier molecular flexibility index (Phi) is 3.79. The van der Waals surface area contributed by atoms with Gasteiger partial charge in [0.2, 0.25) is 0 Å². The maximum absolute atomic E-state index is 6.31. The van der Waals surface area contributed by atoms with E-state index in [1.807, 2.05) is 52.0 Å². The molecule has 0 aliphatic carbocycles. The number of aromatic nitrogens is 5. The number of benzene rings is 1. The van der Waals surface area contributed by atoms with Crippen molar-refractivity contribution in [3.8, 4) is 5.69 Å². The third-order valence-electron chi connectivity index (χ3n) is 3.35. The van der Waals surface area contributed by atoms with Crippen LogP contribution in [0.15, 0.2) is 48.8 Å². The van der Waals surface area contributed by atoms with Crippen LogP contribution in [0, 0.1) is 0 Å². The van der Waals surface area contributed by atoms with E-state index in [4.69, 9.17) is 5.73 Å². The quantitative estimate of drug-likeness (QED) is 0.776. The van der Waals surface area contributed by atoms with Crippen LogP contribution in [0.1, 0.15) is 30.8 Å². The molecule has 2 heterocycles. The highest BCUT2D eigenvalue weighted by atomic mass is 15.4. The van der Waals surface area contributed by atoms with Gasteiger partial charge in [0.05, 0.1) is 29.3 Å². The zero-order valence-corrected chi connectivity index (χ0v) is 11.9. The maximum atomic E-state index is 6.31. The Morgan fingerprint density at radius 3 is 2.76 bits per heavy atom. The molecule has 1 aromatic carbocycles. The van der Waals surface area contributed by atoms with E-state index >= 15 is 0 Å². The molecule has 0 aliphatic heterocycles. The highest BCUT2D eigenvalue weighted by Crippen LogP contribution is 2.18. The maximum Gasteiger partial charge on any atom is 0.0932 e. The Morgan fingerprint density at radius 1 is 1.19 bits per heavy atom. The third kappa shape index (κ3) is 2.71. The Balaban J connectivity index is 1.87. The summed E-state index contributed by atoms with van der Waals surface area (Å²) >= 11 is 0. The Bertz CT molecular complexity index is 700. The number of nitrogens with zero attached hydrogens (tertiary/aromatic N) is 5. The van der Waals surface area contributed by atoms with Crippen LogP contribution in [0.25, 0.3) is 5.69 Å². The van der Waals surface area contributed by atoms with Gasteiger partial charge in [0.15, 0.2) is 0 Å². The zero-order chi connectivity index (χ0) is 14.7. The van der Waals surface area contributed by atoms with Crippen molar-refractivity contribution in [2.45, 2.75) is 25.9 Å². The van der Waals surface area contributed by atoms with E-state index in [1.54, 1.807) is 6.20 Å². The minimum absolute atomic E-state index is 0.323. The first-order valence-corrected chi connectivity index (χ1v) is 7.04. The molecule has 108 valence electrons. The van der Waals surface area contributed by atoms with Crippen molar-refractivity contribution in [2.75, 3.05) is 0 Å². The minimum Gasteiger partial charge on any atom is -0.318 e. The molecule has 1 unspecified atom stereocenters. The van der Waals surface area contributed by atoms with E-state index in [2.05, 4.69) is 22.3 Å². The fraction of sp³-hybridized carbons (Fsp3) is 0.267. The lowest BCUT2D eigenvalue weighted by molar-refractivity contribution is 0.540. The van der Waals surface area contributed by atoms with Crippen molar-refractivity contribution >= 4 is 0 Å². The SMILES string of the molecule is CCCn1nncc1C(N)c1ccn(-c2ccccc2)n1. The first-order valence-electron chi connectivity index (χ1n) is 7.04. The smallest absolute Gasteiger partial charge is 0.0932 e. The highest BCUT2D eigenvalue weighted by molar-refractivity contribution is 5.31. The van der Waals surface area contributed by atoms with Gasteiger partial charge >= 0.3 is 0 Å². The number of hydrogen-bond donors (Lipinski definition) is 1. The van der Waals surface area contributed by atoms with Crippen molar-refractivity contribution in [3.63, 3.8) is 0 Å². The molecule has 1 atom stereocenters. The lowest BCUT2D eigenvalue weighted by Crippen LogP contribution is -2.18. The Labute approximate surface area is 123 Å². The van der Waals surface area contributed by atoms with Crippen LogP contribution in [0.2, 0.25) is 0 Å². The van der Waals surface area contributed by atoms with Gasteiger partial charge in [0, 0.05) is 12.7 Å². The van der Waals surface area contributed by atoms with E-state index in [0.717, 1.165) is 30.0 Å². The Hall–Kier alpha value is -2.47. The summed E-state index contributed by atoms with van der Waals surface area (Å²) in [5.74, 6) is 0. The van der Waals surface area contributed by atoms with Crippen LogP contribution >= 0.6 is 0 Å². The first-order chi connectivity index (χ1) is 10.3. The summed E-state index contributed by atoms with van der Waals surface area (Å²) in [6, 6.07) is 11.6. The lowest BCUT2D eigenvalue weighted by Gasteiger charge is -2.10. The zero-order valence-electron chi connectivity index (χ0n) is 11.9. The number of para-hydroxylation sites is 1. The van der Waals surface area contributed by atoms with Crippen LogP contribution in [0.4, 0.5) is 0 Å². The third-order valence-corrected chi connectivity index (χ3v) is 3.35. The summed E-state index contributed by atoms with van der Waals surface area (Å²) in [7, 11) is 0. The van der Waals surface area contributed by atoms with Gasteiger partial charge in [-0.2, -0.15) is 5.10 Å². The molecule has 6 heteroatoms. The van der Waals surface area contributed by atoms with E-state index in [0.29, 0.717) is 0 Å². The van der Waals surface area contributed by atoms with E-state index in [1.165, 1.54) is 0 Å². The molecule has 6 nitrogen and oxygen atoms in total. The van der Waals surface area contributed by atoms with Crippen molar-refractivity contribution in [3.05, 3.63) is 60.2 Å². The molecule has 21 heavy (non-hydrogen) atoms. The molecule has 0 saturated heterocycles. The van der Waals surface area contributed by atoms with Crippen molar-refractivity contribution in [1.82, 2.24) is 24.8 Å². The topological polar surface area (TPSA) is 74.6 Å². The van der Waals surface area contributed by atoms with Gasteiger partial charge in [0.1, 0.15) is 0 Å². The summed E-state index contributed by atoms with van der Waals surface area (Å²) < 4.78 is 3.66. The van der Waals surface area contributed by atoms with Gasteiger partial charge in [-0.1, -0.05) is 30.3 Å². The molecule has 3 aromatic rings. The van der Waals surface area contributed by atoms with Crippen molar-refractivity contribution in [1.29, 1.82) is 0 Å². The Morgan fingerprint density at radius 2 is 2.00 bits per heavy atom. The fourth-order valence-electron chi connectivity index (χ4n) is 2.27. The van der Waals surface area contributed by atoms with Gasteiger partial charge in [0.25, 0.3) is 0 Å². The second-order valence-corrected chi connectivity index (χ2v) is 4.88. The molecule has 2 N–H and O–H groups in total. The average Bonchev–Trinajstić information content (AvgIpc) is 3.17. The van der Waals surface area contributed by atoms with Crippen LogP contribution < -0.4 is 5.73 Å². The number of hydrogen-bond acceptors (Lipinski definition) is 4. The molecule has 0 radical (unpaired) electrons. The van der Waals surface area contributed by atoms with E-state index in [-0.39, 0.29) is 6.04 Å². The van der Waals surface area contributed by atoms with Gasteiger partial charge in [-0.25, -0.2) is 9.36 Å². The molecule has 3 rings (SSSR count). The number of nitrogens with two attached hydrogens (primary N) is 1. The largest absolute Gasteiger partial charge is 0.318 e. The molecule has 0 saturated carbocycles. The summed E-state index contributed by atoms with van der Waals surface area (Å²) in [4.78, 5) is 0. The van der Waals surface area contributed by atoms with Crippen molar-refractivity contribution in [2.24, 2.45) is 5.73 Å². The normalized spacial score (nSPS) is 12.5. The molecular formula is C15H18N6. The molecule has 0 spiro atoms. The van der Waals surface area contributed by atoms with Crippen LogP contribution in [-0.2, 0) is 6.54 Å². The van der Waals surface area contributed by atoms with Gasteiger partial charge in [-0.3, -0.25) is 0 Å². The summed E-state index contributed by atoms with van der Waals surface area (Å²) in [5.41, 5.74) is 9.01. The molecule has 2 aromatic heterocycles. The average molecular weight is 282 g/mol. The summed E-state index contributed by atoms with van der Waals surface area (Å²) in [6.07, 6.45) is 4.61. The second kappa shape index (κ2) is 5.88. The standard InChI is InChI=1S/C15H18N6/c1-2-9-21-14(11-17-19-21)15(16)13-8-10-20(18-13)12-6-4-3-5-7-12/h3-8,10-11,15H,2,9,16H2,1H3. The predicted molar refractivity (Wildman–Crippen MR) is 79.9 cm³/mol. The van der Waals surface area contributed by atoms with Gasteiger partial charge in [-0.15, -0.1) is 5.10 Å². The van der Waals surface area contributed by atoms with Crippen LogP contribution in [0.5, 0.6) is 0 Å². The molecular weight excluding hydrogens is 264 g/mol. The van der Waals surface area contributed by atoms with Gasteiger partial charge < -0.3 is 5.73 Å². The predicted octanol–water partition coefficient (Wildman–Crippen LogP) is 1.92. The number of rotatable bonds is 5. The molecule has 0 aliphatic rings. The van der Waals surface area contributed by atoms with E-state index < -0.39 is 0 Å². The molecule has 0 fully saturated rings. The fourth-order valence-corrected chi connectivity index (χ4v) is 2.27. The van der Waals surface area contributed by atoms with Gasteiger partial charge in [-0.05, 0) is 24.6 Å². The molecule has 0 bridgehead atoms. The summed E-state index contributed by atoms with van der Waals surface area (Å²) in [6.45, 7) is 2.91.